The van der Waals surface area contributed by atoms with Crippen molar-refractivity contribution in [3.05, 3.63) is 56.7 Å². The van der Waals surface area contributed by atoms with Gasteiger partial charge in [0.2, 0.25) is 0 Å². The summed E-state index contributed by atoms with van der Waals surface area (Å²) in [6.45, 7) is 5.69. The van der Waals surface area contributed by atoms with Crippen LogP contribution in [0.4, 0.5) is 4.79 Å². The van der Waals surface area contributed by atoms with E-state index in [4.69, 9.17) is 16.3 Å². The van der Waals surface area contributed by atoms with Crippen molar-refractivity contribution < 1.29 is 9.53 Å². The molecule has 1 aliphatic rings. The lowest BCUT2D eigenvalue weighted by molar-refractivity contribution is 0.0207. The van der Waals surface area contributed by atoms with Crippen molar-refractivity contribution in [2.75, 3.05) is 7.05 Å². The lowest BCUT2D eigenvalue weighted by Crippen LogP contribution is -2.43. The number of hydrogen-bond donors (Lipinski definition) is 0. The fourth-order valence-corrected chi connectivity index (χ4v) is 4.60. The Morgan fingerprint density at radius 3 is 2.64 bits per heavy atom. The first-order chi connectivity index (χ1) is 11.7. The van der Waals surface area contributed by atoms with Gasteiger partial charge in [0, 0.05) is 23.9 Å². The third kappa shape index (κ3) is 4.18. The van der Waals surface area contributed by atoms with Crippen LogP contribution in [0.5, 0.6) is 0 Å². The molecule has 2 aromatic rings. The number of carbonyl (C=O) groups excluding carboxylic acids is 1. The molecule has 0 bridgehead atoms. The van der Waals surface area contributed by atoms with Crippen molar-refractivity contribution in [1.29, 1.82) is 0 Å². The van der Waals surface area contributed by atoms with Gasteiger partial charge in [-0.1, -0.05) is 35.9 Å². The van der Waals surface area contributed by atoms with Crippen LogP contribution in [0.15, 0.2) is 36.4 Å². The highest BCUT2D eigenvalue weighted by Crippen LogP contribution is 2.40. The molecule has 1 aromatic heterocycles. The number of thiophene rings is 1. The Labute approximate surface area is 158 Å². The first-order valence-electron chi connectivity index (χ1n) is 8.52. The minimum Gasteiger partial charge on any atom is -0.444 e. The highest BCUT2D eigenvalue weighted by Gasteiger charge is 2.38. The van der Waals surface area contributed by atoms with E-state index < -0.39 is 5.60 Å². The molecule has 0 N–H and O–H groups in total. The van der Waals surface area contributed by atoms with E-state index in [1.807, 2.05) is 33.9 Å². The van der Waals surface area contributed by atoms with E-state index in [1.165, 1.54) is 16.0 Å². The monoisotopic (exact) mass is 377 g/mol. The third-order valence-corrected chi connectivity index (χ3v) is 5.83. The minimum atomic E-state index is -0.492. The second kappa shape index (κ2) is 7.00. The van der Waals surface area contributed by atoms with Gasteiger partial charge in [-0.05, 0) is 56.9 Å². The lowest BCUT2D eigenvalue weighted by Gasteiger charge is -2.32. The van der Waals surface area contributed by atoms with Crippen LogP contribution in [0.3, 0.4) is 0 Å². The molecule has 0 saturated carbocycles. The minimum absolute atomic E-state index is 0.0909. The van der Waals surface area contributed by atoms with E-state index >= 15 is 0 Å². The molecule has 0 aliphatic heterocycles. The second-order valence-electron chi connectivity index (χ2n) is 7.58. The van der Waals surface area contributed by atoms with Gasteiger partial charge in [-0.3, -0.25) is 0 Å². The molecule has 1 amide bonds. The number of rotatable bonds is 3. The van der Waals surface area contributed by atoms with Gasteiger partial charge in [0.15, 0.2) is 0 Å². The summed E-state index contributed by atoms with van der Waals surface area (Å²) in [5, 5.41) is 0. The average molecular weight is 378 g/mol. The van der Waals surface area contributed by atoms with Crippen LogP contribution in [-0.4, -0.2) is 29.7 Å². The normalized spacial score (nSPS) is 19.6. The van der Waals surface area contributed by atoms with Gasteiger partial charge in [0.25, 0.3) is 0 Å². The summed E-state index contributed by atoms with van der Waals surface area (Å²) >= 11 is 7.71. The Balaban J connectivity index is 1.85. The van der Waals surface area contributed by atoms with E-state index in [2.05, 4.69) is 30.3 Å². The summed E-state index contributed by atoms with van der Waals surface area (Å²) in [7, 11) is 1.85. The number of nitrogens with zero attached hydrogens (tertiary/aromatic N) is 1. The number of ether oxygens (including phenoxy) is 1. The van der Waals surface area contributed by atoms with E-state index in [0.29, 0.717) is 0 Å². The van der Waals surface area contributed by atoms with Crippen LogP contribution in [-0.2, 0) is 17.6 Å². The number of fused-ring (bicyclic) bond motifs is 1. The van der Waals surface area contributed by atoms with Gasteiger partial charge in [-0.15, -0.1) is 11.3 Å². The van der Waals surface area contributed by atoms with Crippen molar-refractivity contribution >= 4 is 29.0 Å². The molecule has 3 rings (SSSR count). The Morgan fingerprint density at radius 1 is 1.28 bits per heavy atom. The quantitative estimate of drug-likeness (QED) is 0.704. The molecule has 0 saturated heterocycles. The number of amides is 1. The molecule has 2 atom stereocenters. The highest BCUT2D eigenvalue weighted by molar-refractivity contribution is 7.16. The van der Waals surface area contributed by atoms with Crippen LogP contribution in [0, 0.1) is 0 Å². The van der Waals surface area contributed by atoms with E-state index in [9.17, 15) is 4.79 Å². The molecule has 0 unspecified atom stereocenters. The van der Waals surface area contributed by atoms with Crippen molar-refractivity contribution in [2.45, 2.75) is 51.2 Å². The third-order valence-electron chi connectivity index (χ3n) is 4.58. The van der Waals surface area contributed by atoms with Crippen LogP contribution in [0.1, 0.15) is 42.7 Å². The standard InChI is InChI=1S/C20H24ClNO2S/c1-20(2,3)24-19(23)22(4)17-11-13-7-5-6-8-15(13)16(17)12-14-9-10-18(21)25-14/h5-10,16-17H,11-12H2,1-4H3/t16-,17+/m0/s1. The molecule has 3 nitrogen and oxygen atoms in total. The number of likely N-dealkylation sites (N-methyl/N-ethyl adjacent to an activating group) is 1. The lowest BCUT2D eigenvalue weighted by atomic mass is 9.93. The molecule has 1 aliphatic carbocycles. The van der Waals surface area contributed by atoms with E-state index in [0.717, 1.165) is 17.2 Å². The highest BCUT2D eigenvalue weighted by atomic mass is 35.5. The predicted molar refractivity (Wildman–Crippen MR) is 104 cm³/mol. The fourth-order valence-electron chi connectivity index (χ4n) is 3.46. The summed E-state index contributed by atoms with van der Waals surface area (Å²) in [4.78, 5) is 15.6. The van der Waals surface area contributed by atoms with Crippen molar-refractivity contribution in [2.24, 2.45) is 0 Å². The molecule has 25 heavy (non-hydrogen) atoms. The van der Waals surface area contributed by atoms with Gasteiger partial charge in [-0.2, -0.15) is 0 Å². The van der Waals surface area contributed by atoms with Gasteiger partial charge in [-0.25, -0.2) is 4.79 Å². The molecule has 134 valence electrons. The maximum Gasteiger partial charge on any atom is 0.410 e. The largest absolute Gasteiger partial charge is 0.444 e. The van der Waals surface area contributed by atoms with E-state index in [-0.39, 0.29) is 18.1 Å². The first-order valence-corrected chi connectivity index (χ1v) is 9.72. The average Bonchev–Trinajstić information content (AvgIpc) is 3.09. The topological polar surface area (TPSA) is 29.5 Å². The molecule has 1 heterocycles. The molecule has 0 fully saturated rings. The zero-order valence-corrected chi connectivity index (χ0v) is 16.7. The zero-order valence-electron chi connectivity index (χ0n) is 15.1. The summed E-state index contributed by atoms with van der Waals surface area (Å²) in [6, 6.07) is 12.6. The summed E-state index contributed by atoms with van der Waals surface area (Å²) in [5.41, 5.74) is 2.15. The number of halogens is 1. The molecule has 0 spiro atoms. The number of benzene rings is 1. The van der Waals surface area contributed by atoms with Crippen LogP contribution in [0.2, 0.25) is 4.34 Å². The van der Waals surface area contributed by atoms with Crippen molar-refractivity contribution in [3.63, 3.8) is 0 Å². The maximum absolute atomic E-state index is 12.6. The maximum atomic E-state index is 12.6. The molecule has 5 heteroatoms. The zero-order chi connectivity index (χ0) is 18.2. The first kappa shape index (κ1) is 18.3. The Kier molecular flexibility index (Phi) is 5.12. The second-order valence-corrected chi connectivity index (χ2v) is 9.38. The molecular formula is C20H24ClNO2S. The molecule has 0 radical (unpaired) electrons. The Hall–Kier alpha value is -1.52. The van der Waals surface area contributed by atoms with Crippen LogP contribution in [0.25, 0.3) is 0 Å². The van der Waals surface area contributed by atoms with Crippen molar-refractivity contribution in [1.82, 2.24) is 4.90 Å². The molecular weight excluding hydrogens is 354 g/mol. The van der Waals surface area contributed by atoms with Crippen LogP contribution < -0.4 is 0 Å². The smallest absolute Gasteiger partial charge is 0.410 e. The van der Waals surface area contributed by atoms with Crippen LogP contribution >= 0.6 is 22.9 Å². The number of hydrogen-bond acceptors (Lipinski definition) is 3. The number of carbonyl (C=O) groups is 1. The molecule has 1 aromatic carbocycles. The summed E-state index contributed by atoms with van der Waals surface area (Å²) in [5.74, 6) is 0.253. The van der Waals surface area contributed by atoms with E-state index in [1.54, 1.807) is 16.2 Å². The Morgan fingerprint density at radius 2 is 2.00 bits per heavy atom. The summed E-state index contributed by atoms with van der Waals surface area (Å²) in [6.07, 6.45) is 1.47. The van der Waals surface area contributed by atoms with Gasteiger partial charge in [0.05, 0.1) is 4.34 Å². The van der Waals surface area contributed by atoms with Gasteiger partial charge in [0.1, 0.15) is 5.60 Å². The summed E-state index contributed by atoms with van der Waals surface area (Å²) < 4.78 is 6.39. The van der Waals surface area contributed by atoms with Gasteiger partial charge >= 0.3 is 6.09 Å². The van der Waals surface area contributed by atoms with Crippen molar-refractivity contribution in [3.8, 4) is 0 Å². The predicted octanol–water partition coefficient (Wildman–Crippen LogP) is 5.52. The Bertz CT molecular complexity index is 765. The fraction of sp³-hybridized carbons (Fsp3) is 0.450. The van der Waals surface area contributed by atoms with Gasteiger partial charge < -0.3 is 9.64 Å². The SMILES string of the molecule is CN(C(=O)OC(C)(C)C)[C@@H]1Cc2ccccc2[C@@H]1Cc1ccc(Cl)s1.